The fourth-order valence-electron chi connectivity index (χ4n) is 13.4. The maximum atomic E-state index is 2.68. The maximum Gasteiger partial charge on any atom is 0.169 e. The van der Waals surface area contributed by atoms with Crippen molar-refractivity contribution in [1.29, 1.82) is 0 Å². The predicted molar refractivity (Wildman–Crippen MR) is 341 cm³/mol. The van der Waals surface area contributed by atoms with Gasteiger partial charge in [0, 0.05) is 92.8 Å². The second-order valence-corrected chi connectivity index (χ2v) is 26.4. The fraction of sp³-hybridized carbons (Fsp3) is 0.653. The lowest BCUT2D eigenvalue weighted by molar-refractivity contribution is -0.716. The Bertz CT molecular complexity index is 2300. The van der Waals surface area contributed by atoms with Crippen molar-refractivity contribution in [1.82, 2.24) is 24.5 Å². The topological polar surface area (TPSA) is 23.3 Å². The first-order chi connectivity index (χ1) is 38.0. The summed E-state index contributed by atoms with van der Waals surface area (Å²) in [6, 6.07) is 36.0. The van der Waals surface area contributed by atoms with Crippen molar-refractivity contribution in [2.45, 2.75) is 255 Å². The lowest BCUT2D eigenvalue weighted by Crippen LogP contribution is -2.42. The van der Waals surface area contributed by atoms with Crippen LogP contribution in [0.2, 0.25) is 0 Å². The van der Waals surface area contributed by atoms with Crippen LogP contribution in [0, 0.1) is 5.41 Å². The summed E-state index contributed by atoms with van der Waals surface area (Å²) in [4.78, 5) is 15.2. The van der Waals surface area contributed by atoms with E-state index in [2.05, 4.69) is 222 Å². The Labute approximate surface area is 486 Å². The highest BCUT2D eigenvalue weighted by molar-refractivity contribution is 5.56. The van der Waals surface area contributed by atoms with Crippen LogP contribution >= 0.6 is 0 Å². The van der Waals surface area contributed by atoms with Crippen LogP contribution in [0.25, 0.3) is 0 Å². The fourth-order valence-corrected chi connectivity index (χ4v) is 13.4. The van der Waals surface area contributed by atoms with Crippen molar-refractivity contribution < 1.29 is 4.57 Å². The van der Waals surface area contributed by atoms with Gasteiger partial charge in [-0.15, -0.1) is 0 Å². The van der Waals surface area contributed by atoms with Crippen LogP contribution in [-0.2, 0) is 32.4 Å². The number of para-hydroxylation sites is 1. The average Bonchev–Trinajstić information content (AvgIpc) is 4.34. The predicted octanol–water partition coefficient (Wildman–Crippen LogP) is 16.3. The third-order valence-corrected chi connectivity index (χ3v) is 18.6. The van der Waals surface area contributed by atoms with Gasteiger partial charge in [0.2, 0.25) is 0 Å². The Balaban J connectivity index is 0.000000150. The normalized spacial score (nSPS) is 20.3. The molecule has 438 valence electrons. The monoisotopic (exact) mass is 1080 g/mol. The first-order valence-corrected chi connectivity index (χ1v) is 32.3. The molecule has 0 bridgehead atoms. The second kappa shape index (κ2) is 32.6. The largest absolute Gasteiger partial charge is 0.375 e. The van der Waals surface area contributed by atoms with Gasteiger partial charge < -0.3 is 19.6 Å². The number of piperidine rings is 2. The number of aryl methyl sites for hydroxylation is 2. The molecule has 2 aliphatic carbocycles. The van der Waals surface area contributed by atoms with E-state index in [1.54, 1.807) is 16.7 Å². The highest BCUT2D eigenvalue weighted by Gasteiger charge is 2.37. The van der Waals surface area contributed by atoms with Gasteiger partial charge in [0.1, 0.15) is 0 Å². The van der Waals surface area contributed by atoms with Crippen LogP contribution in [0.4, 0.5) is 5.69 Å². The molecule has 3 aromatic carbocycles. The number of hydrogen-bond donors (Lipinski definition) is 0. The molecule has 1 atom stereocenters. The van der Waals surface area contributed by atoms with E-state index in [0.717, 1.165) is 36.6 Å². The number of anilines is 1. The van der Waals surface area contributed by atoms with Gasteiger partial charge in [-0.05, 0) is 251 Å². The molecule has 1 spiro atoms. The van der Waals surface area contributed by atoms with E-state index in [1.165, 1.54) is 165 Å². The minimum absolute atomic E-state index is 0.575. The molecular formula is C72H116N7+. The summed E-state index contributed by atoms with van der Waals surface area (Å²) in [6.45, 7) is 43.0. The average molecular weight is 1080 g/mol. The quantitative estimate of drug-likeness (QED) is 0.171. The highest BCUT2D eigenvalue weighted by Crippen LogP contribution is 2.46. The zero-order chi connectivity index (χ0) is 56.9. The molecule has 7 nitrogen and oxygen atoms in total. The van der Waals surface area contributed by atoms with E-state index in [-0.39, 0.29) is 0 Å². The smallest absolute Gasteiger partial charge is 0.169 e. The van der Waals surface area contributed by atoms with Crippen LogP contribution in [0.3, 0.4) is 0 Å². The molecule has 7 heterocycles. The molecule has 79 heavy (non-hydrogen) atoms. The number of likely N-dealkylation sites (tertiary alicyclic amines) is 2. The van der Waals surface area contributed by atoms with Crippen molar-refractivity contribution in [3.63, 3.8) is 0 Å². The Morgan fingerprint density at radius 1 is 0.430 bits per heavy atom. The molecule has 0 N–H and O–H groups in total. The summed E-state index contributed by atoms with van der Waals surface area (Å²) >= 11 is 0. The minimum atomic E-state index is 0.575. The van der Waals surface area contributed by atoms with E-state index in [4.69, 9.17) is 0 Å². The maximum absolute atomic E-state index is 2.68. The van der Waals surface area contributed by atoms with E-state index in [9.17, 15) is 0 Å². The van der Waals surface area contributed by atoms with E-state index in [0.29, 0.717) is 30.2 Å². The summed E-state index contributed by atoms with van der Waals surface area (Å²) in [7, 11) is 0. The summed E-state index contributed by atoms with van der Waals surface area (Å²) in [5.41, 5.74) is 11.7. The molecule has 0 amide bonds. The molecule has 1 unspecified atom stereocenters. The second-order valence-electron chi connectivity index (χ2n) is 26.4. The first-order valence-electron chi connectivity index (χ1n) is 32.3. The summed E-state index contributed by atoms with van der Waals surface area (Å²) in [6.07, 6.45) is 29.5. The van der Waals surface area contributed by atoms with E-state index >= 15 is 0 Å². The van der Waals surface area contributed by atoms with E-state index in [1.807, 2.05) is 18.2 Å². The number of benzene rings is 3. The van der Waals surface area contributed by atoms with Gasteiger partial charge in [0.15, 0.2) is 18.4 Å². The van der Waals surface area contributed by atoms with Crippen LogP contribution in [-0.4, -0.2) is 107 Å². The molecule has 2 saturated heterocycles. The Morgan fingerprint density at radius 2 is 0.987 bits per heavy atom. The van der Waals surface area contributed by atoms with Gasteiger partial charge >= 0.3 is 0 Å². The van der Waals surface area contributed by atoms with Crippen LogP contribution in [0.5, 0.6) is 0 Å². The van der Waals surface area contributed by atoms with Crippen LogP contribution in [0.15, 0.2) is 110 Å². The third kappa shape index (κ3) is 19.6. The minimum Gasteiger partial charge on any atom is -0.375 e. The van der Waals surface area contributed by atoms with Crippen molar-refractivity contribution >= 4 is 5.69 Å². The molecule has 0 radical (unpaired) electrons. The lowest BCUT2D eigenvalue weighted by atomic mass is 9.77. The molecule has 4 aromatic rings. The zero-order valence-corrected chi connectivity index (χ0v) is 53.1. The molecule has 3 fully saturated rings. The SMILES string of the molecule is CC(C)N1C=CCC1.CC(C)N1CCC2(CCCC2)CC1.CC(C)N1CCCCC1.CC(C)N1CCCc2ccccc21.CC(C)N1CCc2cccc3c2C1CC3.CC(C)N1Cc2ccccc2C1.CC(C)[n+]1ccccc1. The lowest BCUT2D eigenvalue weighted by Gasteiger charge is -2.41. The Hall–Kier alpha value is -4.01. The Morgan fingerprint density at radius 3 is 1.48 bits per heavy atom. The van der Waals surface area contributed by atoms with E-state index < -0.39 is 0 Å². The summed E-state index contributed by atoms with van der Waals surface area (Å²) in [5.74, 6) is 0. The molecule has 12 rings (SSSR count). The standard InChI is InChI=1S/C14H19N.C12H17N.C12H23N.C11H15N.C8H17N.C8H12N.C7H13N/c1-10(2)15-9-8-12-5-3-4-11-6-7-13(15)14(11)12;1-10(2)13-9-5-7-11-6-3-4-8-12(11)13;1-11(2)13-9-7-12(8-10-13)5-3-4-6-12;1-9(2)12-7-10-5-3-4-6-11(10)8-12;2*1-8(2)9-6-4-3-5-7-9;1-7(2)8-5-3-4-6-8/h3-5,10,13H,6-9H2,1-2H3;3-4,6,8,10H,5,7,9H2,1-2H3;11H,3-10H2,1-2H3;3-6,9H,7-8H2,1-2H3;8H,3-7H2,1-2H3;3-8H,1-2H3;3,5,7H,4,6H2,1-2H3/q;;;;;+1;. The van der Waals surface area contributed by atoms with Crippen LogP contribution < -0.4 is 9.47 Å². The summed E-state index contributed by atoms with van der Waals surface area (Å²) in [5, 5.41) is 0. The van der Waals surface area contributed by atoms with Crippen molar-refractivity contribution in [3.8, 4) is 0 Å². The number of fused-ring (bicyclic) bond motifs is 2. The molecule has 1 saturated carbocycles. The van der Waals surface area contributed by atoms with Crippen molar-refractivity contribution in [2.24, 2.45) is 5.41 Å². The summed E-state index contributed by atoms with van der Waals surface area (Å²) < 4.78 is 2.17. The van der Waals surface area contributed by atoms with Gasteiger partial charge in [-0.3, -0.25) is 9.80 Å². The molecule has 7 heteroatoms. The van der Waals surface area contributed by atoms with Gasteiger partial charge in [0.25, 0.3) is 0 Å². The number of aromatic nitrogens is 1. The van der Waals surface area contributed by atoms with Gasteiger partial charge in [-0.25, -0.2) is 4.57 Å². The number of rotatable bonds is 7. The highest BCUT2D eigenvalue weighted by atomic mass is 15.2. The van der Waals surface area contributed by atoms with Crippen LogP contribution in [0.1, 0.15) is 219 Å². The van der Waals surface area contributed by atoms with Crippen molar-refractivity contribution in [3.05, 3.63) is 143 Å². The first kappa shape index (κ1) is 64.2. The molecular weight excluding hydrogens is 963 g/mol. The zero-order valence-electron chi connectivity index (χ0n) is 53.1. The molecule has 1 aromatic heterocycles. The van der Waals surface area contributed by atoms with Gasteiger partial charge in [-0.2, -0.15) is 0 Å². The van der Waals surface area contributed by atoms with Crippen molar-refractivity contribution in [2.75, 3.05) is 50.7 Å². The molecule has 6 aliphatic heterocycles. The number of hydrogen-bond acceptors (Lipinski definition) is 6. The number of nitrogens with zero attached hydrogens (tertiary/aromatic N) is 7. The molecule has 8 aliphatic rings. The third-order valence-electron chi connectivity index (χ3n) is 18.6. The van der Waals surface area contributed by atoms with Gasteiger partial charge in [-0.1, -0.05) is 92.1 Å². The van der Waals surface area contributed by atoms with Gasteiger partial charge in [0.05, 0.1) is 0 Å². The Kier molecular flexibility index (Phi) is 26.5. The number of pyridine rings is 1.